The quantitative estimate of drug-likeness (QED) is 0.578. The SMILES string of the molecule is Nc1sc2cccc[n+]2c1C(=O)c1ccc(Br)cc1. The highest BCUT2D eigenvalue weighted by molar-refractivity contribution is 9.10. The van der Waals surface area contributed by atoms with Crippen LogP contribution in [0.25, 0.3) is 4.83 Å². The number of carbonyl (C=O) groups is 1. The van der Waals surface area contributed by atoms with E-state index in [2.05, 4.69) is 15.9 Å². The van der Waals surface area contributed by atoms with Gasteiger partial charge in [0.05, 0.1) is 0 Å². The first kappa shape index (κ1) is 12.3. The normalized spacial score (nSPS) is 10.8. The second-order valence-corrected chi connectivity index (χ2v) is 6.04. The molecule has 0 amide bonds. The lowest BCUT2D eigenvalue weighted by atomic mass is 10.1. The maximum absolute atomic E-state index is 12.5. The van der Waals surface area contributed by atoms with Crippen LogP contribution in [0.1, 0.15) is 16.1 Å². The fraction of sp³-hybridized carbons (Fsp3) is 0. The number of halogens is 1. The molecule has 2 aromatic heterocycles. The van der Waals surface area contributed by atoms with Crippen LogP contribution in [0, 0.1) is 0 Å². The Kier molecular flexibility index (Phi) is 3.08. The monoisotopic (exact) mass is 333 g/mol. The van der Waals surface area contributed by atoms with E-state index in [1.807, 2.05) is 40.9 Å². The summed E-state index contributed by atoms with van der Waals surface area (Å²) in [6.07, 6.45) is 1.86. The van der Waals surface area contributed by atoms with Crippen LogP contribution in [0.4, 0.5) is 5.00 Å². The van der Waals surface area contributed by atoms with Gasteiger partial charge in [0.1, 0.15) is 0 Å². The first-order valence-corrected chi connectivity index (χ1v) is 7.26. The molecule has 94 valence electrons. The van der Waals surface area contributed by atoms with E-state index >= 15 is 0 Å². The molecule has 0 aliphatic heterocycles. The lowest BCUT2D eigenvalue weighted by Gasteiger charge is -1.97. The minimum atomic E-state index is -0.0625. The molecule has 0 atom stereocenters. The van der Waals surface area contributed by atoms with Crippen LogP contribution >= 0.6 is 27.3 Å². The highest BCUT2D eigenvalue weighted by Gasteiger charge is 2.26. The van der Waals surface area contributed by atoms with E-state index in [0.717, 1.165) is 9.30 Å². The van der Waals surface area contributed by atoms with E-state index in [9.17, 15) is 4.79 Å². The van der Waals surface area contributed by atoms with Crippen LogP contribution in [-0.4, -0.2) is 5.78 Å². The van der Waals surface area contributed by atoms with Crippen LogP contribution in [0.2, 0.25) is 0 Å². The molecular formula is C14H10BrN2OS+. The lowest BCUT2D eigenvalue weighted by molar-refractivity contribution is -0.509. The number of nitrogen functional groups attached to an aromatic ring is 1. The van der Waals surface area contributed by atoms with Crippen molar-refractivity contribution in [1.29, 1.82) is 0 Å². The Balaban J connectivity index is 2.16. The predicted octanol–water partition coefficient (Wildman–Crippen LogP) is 3.06. The first-order valence-electron chi connectivity index (χ1n) is 5.66. The highest BCUT2D eigenvalue weighted by Crippen LogP contribution is 2.23. The van der Waals surface area contributed by atoms with E-state index in [-0.39, 0.29) is 5.78 Å². The summed E-state index contributed by atoms with van der Waals surface area (Å²) in [5.74, 6) is -0.0625. The van der Waals surface area contributed by atoms with Gasteiger partial charge in [-0.15, -0.1) is 4.40 Å². The number of aromatic nitrogens is 1. The lowest BCUT2D eigenvalue weighted by Crippen LogP contribution is -2.27. The summed E-state index contributed by atoms with van der Waals surface area (Å²) in [5.41, 5.74) is 7.15. The third-order valence-electron chi connectivity index (χ3n) is 2.83. The van der Waals surface area contributed by atoms with Gasteiger partial charge in [-0.05, 0) is 41.7 Å². The molecular weight excluding hydrogens is 324 g/mol. The van der Waals surface area contributed by atoms with Crippen LogP contribution in [-0.2, 0) is 0 Å². The summed E-state index contributed by atoms with van der Waals surface area (Å²) in [5, 5.41) is 0.541. The molecule has 2 N–H and O–H groups in total. The number of rotatable bonds is 2. The fourth-order valence-electron chi connectivity index (χ4n) is 1.93. The van der Waals surface area contributed by atoms with Gasteiger partial charge in [0.2, 0.25) is 0 Å². The number of hydrogen-bond donors (Lipinski definition) is 1. The van der Waals surface area contributed by atoms with Gasteiger partial charge in [-0.3, -0.25) is 4.79 Å². The molecule has 3 nitrogen and oxygen atoms in total. The average Bonchev–Trinajstić information content (AvgIpc) is 2.74. The number of nitrogens with two attached hydrogens (primary N) is 1. The molecule has 0 saturated heterocycles. The third kappa shape index (κ3) is 2.15. The highest BCUT2D eigenvalue weighted by atomic mass is 79.9. The van der Waals surface area contributed by atoms with Gasteiger partial charge >= 0.3 is 0 Å². The zero-order chi connectivity index (χ0) is 13.4. The molecule has 19 heavy (non-hydrogen) atoms. The smallest absolute Gasteiger partial charge is 0.293 e. The van der Waals surface area contributed by atoms with Crippen molar-refractivity contribution in [2.45, 2.75) is 0 Å². The molecule has 0 fully saturated rings. The van der Waals surface area contributed by atoms with Gasteiger partial charge in [-0.2, -0.15) is 0 Å². The number of fused-ring (bicyclic) bond motifs is 1. The zero-order valence-corrected chi connectivity index (χ0v) is 12.2. The van der Waals surface area contributed by atoms with Gasteiger partial charge in [0.15, 0.2) is 11.2 Å². The predicted molar refractivity (Wildman–Crippen MR) is 79.5 cm³/mol. The summed E-state index contributed by atoms with van der Waals surface area (Å²) in [4.78, 5) is 13.5. The topological polar surface area (TPSA) is 47.2 Å². The second-order valence-electron chi connectivity index (χ2n) is 4.06. The number of anilines is 1. The number of pyridine rings is 1. The Bertz CT molecular complexity index is 765. The van der Waals surface area contributed by atoms with Crippen LogP contribution < -0.4 is 10.1 Å². The maximum atomic E-state index is 12.5. The van der Waals surface area contributed by atoms with E-state index in [1.54, 1.807) is 12.1 Å². The van der Waals surface area contributed by atoms with Crippen molar-refractivity contribution in [2.24, 2.45) is 0 Å². The van der Waals surface area contributed by atoms with Gasteiger partial charge in [0.25, 0.3) is 16.3 Å². The number of nitrogens with zero attached hydrogens (tertiary/aromatic N) is 1. The Labute approximate surface area is 122 Å². The number of benzene rings is 1. The molecule has 0 spiro atoms. The van der Waals surface area contributed by atoms with E-state index in [1.165, 1.54) is 11.3 Å². The minimum Gasteiger partial charge on any atom is -0.385 e. The van der Waals surface area contributed by atoms with Crippen molar-refractivity contribution in [3.8, 4) is 0 Å². The van der Waals surface area contributed by atoms with E-state index in [0.29, 0.717) is 16.3 Å². The zero-order valence-electron chi connectivity index (χ0n) is 9.84. The first-order chi connectivity index (χ1) is 9.16. The van der Waals surface area contributed by atoms with Crippen molar-refractivity contribution in [3.63, 3.8) is 0 Å². The van der Waals surface area contributed by atoms with Gasteiger partial charge in [-0.1, -0.05) is 15.9 Å². The number of ketones is 1. The summed E-state index contributed by atoms with van der Waals surface area (Å²) in [6, 6.07) is 13.0. The van der Waals surface area contributed by atoms with E-state index in [4.69, 9.17) is 5.73 Å². The van der Waals surface area contributed by atoms with E-state index < -0.39 is 0 Å². The summed E-state index contributed by atoms with van der Waals surface area (Å²) in [7, 11) is 0. The fourth-order valence-corrected chi connectivity index (χ4v) is 3.11. The van der Waals surface area contributed by atoms with Gasteiger partial charge in [0, 0.05) is 22.2 Å². The standard InChI is InChI=1S/C14H9BrN2OS/c15-10-6-4-9(5-7-10)13(18)12-14(16)19-11-3-1-2-8-17(11)12/h1-8H,(H-,16,18)/p+1. The van der Waals surface area contributed by atoms with Crippen molar-refractivity contribution in [1.82, 2.24) is 0 Å². The number of thiazole rings is 1. The average molecular weight is 334 g/mol. The molecule has 0 unspecified atom stereocenters. The van der Waals surface area contributed by atoms with Gasteiger partial charge < -0.3 is 5.73 Å². The molecule has 0 bridgehead atoms. The molecule has 0 aliphatic rings. The van der Waals surface area contributed by atoms with Crippen LogP contribution in [0.15, 0.2) is 53.1 Å². The van der Waals surface area contributed by atoms with Crippen molar-refractivity contribution < 1.29 is 9.20 Å². The molecule has 0 aliphatic carbocycles. The largest absolute Gasteiger partial charge is 0.385 e. The Hall–Kier alpha value is -1.72. The molecule has 0 saturated carbocycles. The van der Waals surface area contributed by atoms with Crippen LogP contribution in [0.5, 0.6) is 0 Å². The molecule has 1 aromatic carbocycles. The number of carbonyl (C=O) groups excluding carboxylic acids is 1. The Morgan fingerprint density at radius 3 is 2.63 bits per heavy atom. The van der Waals surface area contributed by atoms with Crippen LogP contribution in [0.3, 0.4) is 0 Å². The number of hydrogen-bond acceptors (Lipinski definition) is 3. The second kappa shape index (κ2) is 4.75. The summed E-state index contributed by atoms with van der Waals surface area (Å²) >= 11 is 4.77. The van der Waals surface area contributed by atoms with Gasteiger partial charge in [-0.25, -0.2) is 0 Å². The summed E-state index contributed by atoms with van der Waals surface area (Å²) in [6.45, 7) is 0. The Morgan fingerprint density at radius 2 is 1.89 bits per heavy atom. The van der Waals surface area contributed by atoms with Crippen molar-refractivity contribution in [3.05, 3.63) is 64.4 Å². The molecule has 3 aromatic rings. The molecule has 5 heteroatoms. The van der Waals surface area contributed by atoms with Crippen molar-refractivity contribution in [2.75, 3.05) is 5.73 Å². The Morgan fingerprint density at radius 1 is 1.16 bits per heavy atom. The minimum absolute atomic E-state index is 0.0625. The molecule has 3 rings (SSSR count). The molecule has 2 heterocycles. The summed E-state index contributed by atoms with van der Waals surface area (Å²) < 4.78 is 2.78. The van der Waals surface area contributed by atoms with Crippen molar-refractivity contribution >= 4 is 42.9 Å². The molecule has 0 radical (unpaired) electrons. The maximum Gasteiger partial charge on any atom is 0.293 e. The third-order valence-corrected chi connectivity index (χ3v) is 4.32.